The molecule has 2 heterocycles. The van der Waals surface area contributed by atoms with Gasteiger partial charge in [-0.3, -0.25) is 14.5 Å². The van der Waals surface area contributed by atoms with Crippen LogP contribution in [0.3, 0.4) is 0 Å². The number of amides is 2. The van der Waals surface area contributed by atoms with Gasteiger partial charge in [0.2, 0.25) is 11.7 Å². The summed E-state index contributed by atoms with van der Waals surface area (Å²) in [6.07, 6.45) is -3.18. The molecule has 2 aromatic carbocycles. The smallest absolute Gasteiger partial charge is 0.376 e. The lowest BCUT2D eigenvalue weighted by Crippen LogP contribution is -2.52. The second-order valence-corrected chi connectivity index (χ2v) is 9.09. The minimum Gasteiger partial charge on any atom is -0.376 e. The van der Waals surface area contributed by atoms with Gasteiger partial charge in [0.25, 0.3) is 5.91 Å². The Bertz CT molecular complexity index is 1260. The molecule has 1 N–H and O–H groups in total. The van der Waals surface area contributed by atoms with Crippen LogP contribution in [0.4, 0.5) is 18.9 Å². The van der Waals surface area contributed by atoms with Crippen molar-refractivity contribution < 1.29 is 27.5 Å². The van der Waals surface area contributed by atoms with Gasteiger partial charge < -0.3 is 10.1 Å². The zero-order valence-corrected chi connectivity index (χ0v) is 21.1. The second-order valence-electron chi connectivity index (χ2n) is 9.09. The number of nitrogens with zero attached hydrogens (tertiary/aromatic N) is 5. The number of carbonyl (C=O) groups is 2. The highest BCUT2D eigenvalue weighted by Gasteiger charge is 2.39. The maximum absolute atomic E-state index is 13.9. The van der Waals surface area contributed by atoms with E-state index in [-0.39, 0.29) is 24.9 Å². The van der Waals surface area contributed by atoms with Crippen LogP contribution in [0.5, 0.6) is 0 Å². The van der Waals surface area contributed by atoms with Crippen LogP contribution in [0.25, 0.3) is 11.4 Å². The predicted octanol–water partition coefficient (Wildman–Crippen LogP) is 3.77. The highest BCUT2D eigenvalue weighted by molar-refractivity contribution is 6.01. The van der Waals surface area contributed by atoms with Crippen molar-refractivity contribution in [3.8, 4) is 11.4 Å². The van der Waals surface area contributed by atoms with Crippen LogP contribution < -0.4 is 10.2 Å². The van der Waals surface area contributed by atoms with E-state index in [1.165, 1.54) is 18.2 Å². The van der Waals surface area contributed by atoms with Gasteiger partial charge in [-0.2, -0.15) is 18.0 Å². The number of hydrogen-bond donors (Lipinski definition) is 1. The van der Waals surface area contributed by atoms with Crippen molar-refractivity contribution in [1.29, 1.82) is 0 Å². The van der Waals surface area contributed by atoms with Crippen molar-refractivity contribution in [1.82, 2.24) is 25.5 Å². The Morgan fingerprint density at radius 2 is 1.92 bits per heavy atom. The first-order valence-corrected chi connectivity index (χ1v) is 12.4. The topological polar surface area (TPSA) is 102 Å². The Labute approximate surface area is 218 Å². The van der Waals surface area contributed by atoms with E-state index in [0.717, 1.165) is 34.2 Å². The van der Waals surface area contributed by atoms with Crippen LogP contribution in [0.1, 0.15) is 37.3 Å². The number of anilines is 1. The molecule has 0 saturated carbocycles. The summed E-state index contributed by atoms with van der Waals surface area (Å²) >= 11 is 0. The van der Waals surface area contributed by atoms with E-state index in [1.807, 2.05) is 19.1 Å². The average molecular weight is 531 g/mol. The number of aromatic nitrogens is 4. The third-order valence-electron chi connectivity index (χ3n) is 6.31. The molecule has 1 fully saturated rings. The van der Waals surface area contributed by atoms with Gasteiger partial charge in [-0.05, 0) is 43.5 Å². The van der Waals surface area contributed by atoms with E-state index in [9.17, 15) is 22.8 Å². The van der Waals surface area contributed by atoms with Gasteiger partial charge in [0.1, 0.15) is 12.6 Å². The summed E-state index contributed by atoms with van der Waals surface area (Å²) in [5.74, 6) is -1.09. The molecule has 38 heavy (non-hydrogen) atoms. The molecule has 1 saturated heterocycles. The maximum atomic E-state index is 13.9. The van der Waals surface area contributed by atoms with Crippen molar-refractivity contribution in [3.05, 3.63) is 59.7 Å². The van der Waals surface area contributed by atoms with Crippen LogP contribution in [0.2, 0.25) is 0 Å². The van der Waals surface area contributed by atoms with Gasteiger partial charge in [0.15, 0.2) is 0 Å². The Kier molecular flexibility index (Phi) is 8.40. The molecule has 1 aliphatic rings. The van der Waals surface area contributed by atoms with Crippen molar-refractivity contribution >= 4 is 17.5 Å². The molecule has 4 rings (SSSR count). The molecule has 0 radical (unpaired) electrons. The number of carbonyl (C=O) groups excluding carboxylic acids is 2. The molecule has 0 aliphatic carbocycles. The van der Waals surface area contributed by atoms with Crippen molar-refractivity contribution in [3.63, 3.8) is 0 Å². The number of rotatable bonds is 9. The summed E-state index contributed by atoms with van der Waals surface area (Å²) in [5.41, 5.74) is 0.279. The fourth-order valence-corrected chi connectivity index (χ4v) is 4.35. The maximum Gasteiger partial charge on any atom is 0.418 e. The van der Waals surface area contributed by atoms with Gasteiger partial charge in [-0.25, -0.2) is 0 Å². The van der Waals surface area contributed by atoms with Crippen molar-refractivity contribution in [2.75, 3.05) is 18.1 Å². The van der Waals surface area contributed by atoms with E-state index in [1.54, 1.807) is 19.1 Å². The van der Waals surface area contributed by atoms with Gasteiger partial charge in [-0.1, -0.05) is 48.9 Å². The highest BCUT2D eigenvalue weighted by atomic mass is 19.4. The number of aryl methyl sites for hydroxylation is 1. The largest absolute Gasteiger partial charge is 0.418 e. The van der Waals surface area contributed by atoms with Crippen LogP contribution >= 0.6 is 0 Å². The minimum absolute atomic E-state index is 0.0781. The molecule has 0 spiro atoms. The summed E-state index contributed by atoms with van der Waals surface area (Å²) in [7, 11) is 0. The zero-order chi connectivity index (χ0) is 27.3. The molecule has 9 nitrogen and oxygen atoms in total. The minimum atomic E-state index is -4.74. The number of halogens is 3. The highest BCUT2D eigenvalue weighted by Crippen LogP contribution is 2.37. The van der Waals surface area contributed by atoms with E-state index in [4.69, 9.17) is 4.74 Å². The summed E-state index contributed by atoms with van der Waals surface area (Å²) < 4.78 is 47.4. The summed E-state index contributed by atoms with van der Waals surface area (Å²) in [5, 5.41) is 14.8. The number of tetrazole rings is 1. The predicted molar refractivity (Wildman–Crippen MR) is 133 cm³/mol. The fourth-order valence-electron chi connectivity index (χ4n) is 4.35. The number of hydrogen-bond acceptors (Lipinski definition) is 6. The molecule has 12 heteroatoms. The molecule has 2 unspecified atom stereocenters. The van der Waals surface area contributed by atoms with E-state index in [2.05, 4.69) is 20.7 Å². The van der Waals surface area contributed by atoms with Crippen molar-refractivity contribution in [2.45, 2.75) is 58.0 Å². The molecular weight excluding hydrogens is 501 g/mol. The number of benzene rings is 2. The Morgan fingerprint density at radius 1 is 1.18 bits per heavy atom. The molecular formula is C26H29F3N6O3. The Morgan fingerprint density at radius 3 is 2.58 bits per heavy atom. The first kappa shape index (κ1) is 27.2. The molecule has 2 atom stereocenters. The summed E-state index contributed by atoms with van der Waals surface area (Å²) in [6, 6.07) is 10.8. The normalized spacial score (nSPS) is 16.3. The first-order valence-electron chi connectivity index (χ1n) is 12.4. The standard InChI is InChI=1S/C26H29F3N6O3/c1-3-21(25(37)30-15-19-7-6-14-38-19)35(22-9-5-4-8-20(22)26(27,28)29)23(36)16-34-32-24(31-33-34)18-12-10-17(2)11-13-18/h4-5,8-13,19,21H,3,6-7,14-16H2,1-2H3,(H,30,37). The van der Waals surface area contributed by atoms with Gasteiger partial charge in [-0.15, -0.1) is 10.2 Å². The van der Waals surface area contributed by atoms with Gasteiger partial charge >= 0.3 is 6.18 Å². The van der Waals surface area contributed by atoms with Crippen molar-refractivity contribution in [2.24, 2.45) is 0 Å². The third kappa shape index (κ3) is 6.36. The number of nitrogens with one attached hydrogen (secondary N) is 1. The molecule has 0 bridgehead atoms. The van der Waals surface area contributed by atoms with Crippen LogP contribution in [0, 0.1) is 6.92 Å². The molecule has 2 amide bonds. The fraction of sp³-hybridized carbons (Fsp3) is 0.423. The molecule has 202 valence electrons. The summed E-state index contributed by atoms with van der Waals surface area (Å²) in [6.45, 7) is 3.86. The van der Waals surface area contributed by atoms with Gasteiger partial charge in [0, 0.05) is 18.7 Å². The Hall–Kier alpha value is -3.80. The number of alkyl halides is 3. The number of ether oxygens (including phenoxy) is 1. The van der Waals surface area contributed by atoms with Crippen LogP contribution in [0.15, 0.2) is 48.5 Å². The van der Waals surface area contributed by atoms with E-state index < -0.39 is 41.8 Å². The average Bonchev–Trinajstić information content (AvgIpc) is 3.58. The molecule has 1 aliphatic heterocycles. The van der Waals surface area contributed by atoms with Crippen LogP contribution in [-0.4, -0.2) is 57.3 Å². The first-order chi connectivity index (χ1) is 18.2. The Balaban J connectivity index is 1.63. The van der Waals surface area contributed by atoms with E-state index >= 15 is 0 Å². The summed E-state index contributed by atoms with van der Waals surface area (Å²) in [4.78, 5) is 28.7. The lowest BCUT2D eigenvalue weighted by molar-refractivity contribution is -0.137. The third-order valence-corrected chi connectivity index (χ3v) is 6.31. The molecule has 3 aromatic rings. The SMILES string of the molecule is CCC(C(=O)NCC1CCCO1)N(C(=O)Cn1nnc(-c2ccc(C)cc2)n1)c1ccccc1C(F)(F)F. The lowest BCUT2D eigenvalue weighted by atomic mass is 10.1. The zero-order valence-electron chi connectivity index (χ0n) is 21.1. The second kappa shape index (κ2) is 11.7. The van der Waals surface area contributed by atoms with Crippen LogP contribution in [-0.2, 0) is 27.0 Å². The van der Waals surface area contributed by atoms with E-state index in [0.29, 0.717) is 12.2 Å². The van der Waals surface area contributed by atoms with Gasteiger partial charge in [0.05, 0.1) is 17.4 Å². The molecule has 1 aromatic heterocycles. The lowest BCUT2D eigenvalue weighted by Gasteiger charge is -2.32. The quantitative estimate of drug-likeness (QED) is 0.452. The monoisotopic (exact) mass is 530 g/mol. The number of para-hydroxylation sites is 1.